The molecule has 0 aromatic heterocycles. The minimum absolute atomic E-state index is 0.0161. The molecule has 0 radical (unpaired) electrons. The van der Waals surface area contributed by atoms with E-state index in [0.717, 1.165) is 29.9 Å². The van der Waals surface area contributed by atoms with Gasteiger partial charge in [0.05, 0.1) is 20.8 Å². The first-order valence-corrected chi connectivity index (χ1v) is 8.00. The maximum absolute atomic E-state index is 12.9. The van der Waals surface area contributed by atoms with E-state index in [9.17, 15) is 4.79 Å². The fraction of sp³-hybridized carbons (Fsp3) is 0.316. The third kappa shape index (κ3) is 3.45. The van der Waals surface area contributed by atoms with Crippen LogP contribution in [-0.2, 0) is 6.54 Å². The number of carbonyl (C=O) groups excluding carboxylic acids is 1. The van der Waals surface area contributed by atoms with Crippen LogP contribution in [0.5, 0.6) is 11.5 Å². The largest absolute Gasteiger partial charge is 0.497 e. The highest BCUT2D eigenvalue weighted by Gasteiger charge is 2.33. The molecule has 1 saturated carbocycles. The van der Waals surface area contributed by atoms with Crippen molar-refractivity contribution in [3.8, 4) is 11.5 Å². The first-order valence-electron chi connectivity index (χ1n) is 8.00. The van der Waals surface area contributed by atoms with Crippen molar-refractivity contribution < 1.29 is 14.3 Å². The lowest BCUT2D eigenvalue weighted by atomic mass is 10.1. The van der Waals surface area contributed by atoms with E-state index in [1.54, 1.807) is 38.5 Å². The Kier molecular flexibility index (Phi) is 4.60. The summed E-state index contributed by atoms with van der Waals surface area (Å²) < 4.78 is 10.7. The van der Waals surface area contributed by atoms with Gasteiger partial charge in [-0.2, -0.15) is 0 Å². The second-order valence-corrected chi connectivity index (χ2v) is 5.96. The van der Waals surface area contributed by atoms with Crippen LogP contribution < -0.4 is 15.2 Å². The summed E-state index contributed by atoms with van der Waals surface area (Å²) >= 11 is 0. The predicted octanol–water partition coefficient (Wildman–Crippen LogP) is 3.09. The van der Waals surface area contributed by atoms with Crippen LogP contribution in [0.1, 0.15) is 28.8 Å². The normalized spacial score (nSPS) is 13.4. The fourth-order valence-electron chi connectivity index (χ4n) is 2.73. The number of nitrogens with two attached hydrogens (primary N) is 1. The van der Waals surface area contributed by atoms with Crippen LogP contribution in [0, 0.1) is 0 Å². The summed E-state index contributed by atoms with van der Waals surface area (Å²) in [4.78, 5) is 14.8. The summed E-state index contributed by atoms with van der Waals surface area (Å²) in [7, 11) is 3.26. The molecule has 0 aliphatic heterocycles. The summed E-state index contributed by atoms with van der Waals surface area (Å²) in [6, 6.07) is 13.0. The second kappa shape index (κ2) is 6.83. The molecular weight excluding hydrogens is 304 g/mol. The molecule has 2 aromatic carbocycles. The summed E-state index contributed by atoms with van der Waals surface area (Å²) in [5, 5.41) is 0. The molecule has 1 amide bonds. The summed E-state index contributed by atoms with van der Waals surface area (Å²) in [6.07, 6.45) is 2.07. The van der Waals surface area contributed by atoms with Gasteiger partial charge >= 0.3 is 0 Å². The van der Waals surface area contributed by atoms with E-state index in [1.165, 1.54) is 0 Å². The maximum atomic E-state index is 12.9. The smallest absolute Gasteiger partial charge is 0.254 e. The zero-order chi connectivity index (χ0) is 17.1. The Morgan fingerprint density at radius 1 is 1.12 bits per heavy atom. The first-order chi connectivity index (χ1) is 11.6. The van der Waals surface area contributed by atoms with E-state index < -0.39 is 0 Å². The average Bonchev–Trinajstić information content (AvgIpc) is 3.44. The van der Waals surface area contributed by atoms with E-state index in [-0.39, 0.29) is 11.9 Å². The predicted molar refractivity (Wildman–Crippen MR) is 93.3 cm³/mol. The molecule has 0 heterocycles. The molecule has 0 spiro atoms. The highest BCUT2D eigenvalue weighted by atomic mass is 16.5. The van der Waals surface area contributed by atoms with Gasteiger partial charge in [-0.1, -0.05) is 0 Å². The van der Waals surface area contributed by atoms with E-state index in [0.29, 0.717) is 17.8 Å². The SMILES string of the molecule is COc1ccc(OC)c(CN(C(=O)c2ccc(N)cc2)C2CC2)c1. The Bertz CT molecular complexity index is 724. The summed E-state index contributed by atoms with van der Waals surface area (Å²) in [6.45, 7) is 0.494. The van der Waals surface area contributed by atoms with Gasteiger partial charge in [0.1, 0.15) is 11.5 Å². The van der Waals surface area contributed by atoms with Crippen LogP contribution in [0.25, 0.3) is 0 Å². The Hall–Kier alpha value is -2.69. The fourth-order valence-corrected chi connectivity index (χ4v) is 2.73. The Morgan fingerprint density at radius 2 is 1.83 bits per heavy atom. The van der Waals surface area contributed by atoms with Gasteiger partial charge in [-0.05, 0) is 55.3 Å². The molecule has 2 aromatic rings. The Labute approximate surface area is 142 Å². The number of carbonyl (C=O) groups is 1. The topological polar surface area (TPSA) is 64.8 Å². The van der Waals surface area contributed by atoms with Crippen molar-refractivity contribution in [2.45, 2.75) is 25.4 Å². The number of amides is 1. The van der Waals surface area contributed by atoms with Crippen LogP contribution in [0.3, 0.4) is 0 Å². The van der Waals surface area contributed by atoms with Crippen LogP contribution in [0.15, 0.2) is 42.5 Å². The van der Waals surface area contributed by atoms with Gasteiger partial charge < -0.3 is 20.1 Å². The van der Waals surface area contributed by atoms with Gasteiger partial charge in [0, 0.05) is 22.9 Å². The van der Waals surface area contributed by atoms with Crippen LogP contribution in [0.2, 0.25) is 0 Å². The van der Waals surface area contributed by atoms with Gasteiger partial charge in [0.15, 0.2) is 0 Å². The van der Waals surface area contributed by atoms with Crippen LogP contribution in [-0.4, -0.2) is 31.1 Å². The molecule has 3 rings (SSSR count). The number of ether oxygens (including phenoxy) is 2. The van der Waals surface area contributed by atoms with Gasteiger partial charge in [-0.15, -0.1) is 0 Å². The summed E-state index contributed by atoms with van der Waals surface area (Å²) in [5.74, 6) is 1.52. The minimum Gasteiger partial charge on any atom is -0.497 e. The number of hydrogen-bond acceptors (Lipinski definition) is 4. The van der Waals surface area contributed by atoms with Crippen molar-refractivity contribution in [1.82, 2.24) is 4.90 Å². The van der Waals surface area contributed by atoms with Crippen LogP contribution in [0.4, 0.5) is 5.69 Å². The van der Waals surface area contributed by atoms with Crippen molar-refractivity contribution in [2.24, 2.45) is 0 Å². The van der Waals surface area contributed by atoms with Crippen molar-refractivity contribution in [3.63, 3.8) is 0 Å². The number of nitrogens with zero attached hydrogens (tertiary/aromatic N) is 1. The van der Waals surface area contributed by atoms with E-state index >= 15 is 0 Å². The number of nitrogen functional groups attached to an aromatic ring is 1. The van der Waals surface area contributed by atoms with Gasteiger partial charge in [0.2, 0.25) is 0 Å². The van der Waals surface area contributed by atoms with E-state index in [4.69, 9.17) is 15.2 Å². The second-order valence-electron chi connectivity index (χ2n) is 5.96. The minimum atomic E-state index is 0.0161. The first kappa shape index (κ1) is 16.2. The number of rotatable bonds is 6. The third-order valence-corrected chi connectivity index (χ3v) is 4.23. The van der Waals surface area contributed by atoms with Crippen LogP contribution >= 0.6 is 0 Å². The van der Waals surface area contributed by atoms with Gasteiger partial charge in [0.25, 0.3) is 5.91 Å². The van der Waals surface area contributed by atoms with E-state index in [1.807, 2.05) is 23.1 Å². The molecule has 5 heteroatoms. The molecule has 0 unspecified atom stereocenters. The molecule has 1 aliphatic rings. The maximum Gasteiger partial charge on any atom is 0.254 e. The van der Waals surface area contributed by atoms with E-state index in [2.05, 4.69) is 0 Å². The molecule has 5 nitrogen and oxygen atoms in total. The zero-order valence-electron chi connectivity index (χ0n) is 14.0. The Balaban J connectivity index is 1.87. The molecule has 126 valence electrons. The van der Waals surface area contributed by atoms with Gasteiger partial charge in [-0.3, -0.25) is 4.79 Å². The number of methoxy groups -OCH3 is 2. The molecule has 0 saturated heterocycles. The molecule has 0 bridgehead atoms. The summed E-state index contributed by atoms with van der Waals surface area (Å²) in [5.41, 5.74) is 7.95. The molecule has 24 heavy (non-hydrogen) atoms. The average molecular weight is 326 g/mol. The van der Waals surface area contributed by atoms with Gasteiger partial charge in [-0.25, -0.2) is 0 Å². The number of benzene rings is 2. The zero-order valence-corrected chi connectivity index (χ0v) is 14.0. The lowest BCUT2D eigenvalue weighted by molar-refractivity contribution is 0.0728. The highest BCUT2D eigenvalue weighted by molar-refractivity contribution is 5.95. The molecular formula is C19H22N2O3. The highest BCUT2D eigenvalue weighted by Crippen LogP contribution is 2.33. The van der Waals surface area contributed by atoms with Crippen molar-refractivity contribution >= 4 is 11.6 Å². The monoisotopic (exact) mass is 326 g/mol. The quantitative estimate of drug-likeness (QED) is 0.829. The van der Waals surface area contributed by atoms with Crippen molar-refractivity contribution in [2.75, 3.05) is 20.0 Å². The Morgan fingerprint density at radius 3 is 2.42 bits per heavy atom. The lowest BCUT2D eigenvalue weighted by Gasteiger charge is -2.24. The number of anilines is 1. The number of hydrogen-bond donors (Lipinski definition) is 1. The lowest BCUT2D eigenvalue weighted by Crippen LogP contribution is -2.32. The molecule has 0 atom stereocenters. The molecule has 1 aliphatic carbocycles. The molecule has 2 N–H and O–H groups in total. The van der Waals surface area contributed by atoms with Crippen molar-refractivity contribution in [1.29, 1.82) is 0 Å². The standard InChI is InChI=1S/C19H22N2O3/c1-23-17-9-10-18(24-2)14(11-17)12-21(16-7-8-16)19(22)13-3-5-15(20)6-4-13/h3-6,9-11,16H,7-8,12,20H2,1-2H3. The molecule has 1 fully saturated rings. The van der Waals surface area contributed by atoms with Crippen molar-refractivity contribution in [3.05, 3.63) is 53.6 Å². The third-order valence-electron chi connectivity index (χ3n) is 4.23.